The quantitative estimate of drug-likeness (QED) is 0.589. The summed E-state index contributed by atoms with van der Waals surface area (Å²) in [5, 5.41) is 6.04. The molecule has 0 heterocycles. The lowest BCUT2D eigenvalue weighted by molar-refractivity contribution is 0.127. The Balaban J connectivity index is 2.15. The van der Waals surface area contributed by atoms with Gasteiger partial charge >= 0.3 is 0 Å². The van der Waals surface area contributed by atoms with Gasteiger partial charge in [-0.3, -0.25) is 0 Å². The average molecular weight is 336 g/mol. The normalized spacial score (nSPS) is 21.5. The first kappa shape index (κ1) is 17.5. The van der Waals surface area contributed by atoms with Gasteiger partial charge in [-0.05, 0) is 76.3 Å². The van der Waals surface area contributed by atoms with E-state index in [1.807, 2.05) is 24.3 Å². The van der Waals surface area contributed by atoms with Gasteiger partial charge in [0, 0.05) is 5.41 Å². The van der Waals surface area contributed by atoms with Gasteiger partial charge in [0.1, 0.15) is 11.4 Å². The predicted molar refractivity (Wildman–Crippen MR) is 101 cm³/mol. The van der Waals surface area contributed by atoms with E-state index in [2.05, 4.69) is 31.1 Å². The van der Waals surface area contributed by atoms with Crippen LogP contribution in [0, 0.1) is 21.1 Å². The Kier molecular flexibility index (Phi) is 4.55. The van der Waals surface area contributed by atoms with E-state index in [1.165, 1.54) is 17.5 Å². The molecule has 1 aliphatic carbocycles. The van der Waals surface area contributed by atoms with Crippen molar-refractivity contribution in [2.75, 3.05) is 0 Å². The van der Waals surface area contributed by atoms with Crippen molar-refractivity contribution in [1.29, 1.82) is 0 Å². The van der Waals surface area contributed by atoms with Crippen molar-refractivity contribution in [3.8, 4) is 0 Å². The van der Waals surface area contributed by atoms with E-state index in [-0.39, 0.29) is 10.8 Å². The highest BCUT2D eigenvalue weighted by Crippen LogP contribution is 2.53. The zero-order chi connectivity index (χ0) is 18.1. The molecule has 1 fully saturated rings. The summed E-state index contributed by atoms with van der Waals surface area (Å²) in [6.07, 6.45) is 3.25. The highest BCUT2D eigenvalue weighted by atomic mass is 16.3. The molecule has 2 aromatic carbocycles. The van der Waals surface area contributed by atoms with Gasteiger partial charge in [-0.25, -0.2) is 0 Å². The first-order chi connectivity index (χ1) is 11.9. The van der Waals surface area contributed by atoms with Gasteiger partial charge in [-0.15, -0.1) is 9.81 Å². The molecule has 0 saturated heterocycles. The number of nitroso groups, excluding NO2 is 2. The maximum absolute atomic E-state index is 10.8. The molecule has 0 aromatic heterocycles. The monoisotopic (exact) mass is 336 g/mol. The van der Waals surface area contributed by atoms with Crippen LogP contribution in [0.3, 0.4) is 0 Å². The first-order valence-electron chi connectivity index (χ1n) is 8.76. The summed E-state index contributed by atoms with van der Waals surface area (Å²) >= 11 is 0. The molecule has 4 nitrogen and oxygen atoms in total. The molecule has 25 heavy (non-hydrogen) atoms. The summed E-state index contributed by atoms with van der Waals surface area (Å²) < 4.78 is 0. The van der Waals surface area contributed by atoms with Gasteiger partial charge < -0.3 is 0 Å². The molecular formula is C21H24N2O2. The van der Waals surface area contributed by atoms with Crippen LogP contribution < -0.4 is 0 Å². The van der Waals surface area contributed by atoms with Crippen molar-refractivity contribution in [2.24, 2.45) is 21.7 Å². The third kappa shape index (κ3) is 3.39. The Morgan fingerprint density at radius 2 is 1.24 bits per heavy atom. The Labute approximate surface area is 148 Å². The smallest absolute Gasteiger partial charge is 0.108 e. The Morgan fingerprint density at radius 3 is 1.60 bits per heavy atom. The largest absolute Gasteiger partial charge is 0.145 e. The topological polar surface area (TPSA) is 58.9 Å². The second kappa shape index (κ2) is 6.51. The zero-order valence-corrected chi connectivity index (χ0v) is 15.0. The molecule has 1 atom stereocenters. The van der Waals surface area contributed by atoms with Gasteiger partial charge in [-0.1, -0.05) is 45.0 Å². The van der Waals surface area contributed by atoms with Crippen LogP contribution in [0.15, 0.2) is 58.9 Å². The van der Waals surface area contributed by atoms with E-state index in [0.717, 1.165) is 12.8 Å². The Hall–Kier alpha value is -2.36. The van der Waals surface area contributed by atoms with Gasteiger partial charge in [0.05, 0.1) is 0 Å². The van der Waals surface area contributed by atoms with Crippen LogP contribution in [0.4, 0.5) is 11.4 Å². The van der Waals surface area contributed by atoms with E-state index in [0.29, 0.717) is 17.3 Å². The van der Waals surface area contributed by atoms with Crippen LogP contribution in [0.1, 0.15) is 51.2 Å². The minimum atomic E-state index is -0.135. The van der Waals surface area contributed by atoms with Gasteiger partial charge in [0.2, 0.25) is 0 Å². The lowest BCUT2D eigenvalue weighted by atomic mass is 9.55. The van der Waals surface area contributed by atoms with Crippen molar-refractivity contribution < 1.29 is 0 Å². The van der Waals surface area contributed by atoms with Gasteiger partial charge in [0.25, 0.3) is 0 Å². The maximum atomic E-state index is 10.8. The van der Waals surface area contributed by atoms with Crippen molar-refractivity contribution in [3.05, 3.63) is 69.5 Å². The molecule has 0 radical (unpaired) electrons. The third-order valence-electron chi connectivity index (χ3n) is 5.43. The molecule has 1 aliphatic rings. The number of benzene rings is 2. The Bertz CT molecular complexity index is 712. The summed E-state index contributed by atoms with van der Waals surface area (Å²) in [4.78, 5) is 21.6. The molecule has 3 rings (SSSR count). The standard InChI is InChI=1S/C21H24N2O2/c1-15-12-20(2,3)14-21(13-15,16-4-8-18(22-24)9-5-16)17-6-10-19(23-25)11-7-17/h4-11,15H,12-14H2,1-3H3. The van der Waals surface area contributed by atoms with Gasteiger partial charge in [-0.2, -0.15) is 0 Å². The van der Waals surface area contributed by atoms with Crippen molar-refractivity contribution in [2.45, 2.75) is 45.4 Å². The van der Waals surface area contributed by atoms with Crippen molar-refractivity contribution >= 4 is 11.4 Å². The molecule has 4 heteroatoms. The van der Waals surface area contributed by atoms with Crippen molar-refractivity contribution in [1.82, 2.24) is 0 Å². The van der Waals surface area contributed by atoms with Gasteiger partial charge in [0.15, 0.2) is 0 Å². The molecule has 0 spiro atoms. The lowest BCUT2D eigenvalue weighted by Gasteiger charge is -2.48. The average Bonchev–Trinajstić information content (AvgIpc) is 2.60. The number of rotatable bonds is 4. The van der Waals surface area contributed by atoms with Crippen LogP contribution in [0.5, 0.6) is 0 Å². The molecule has 2 aromatic rings. The van der Waals surface area contributed by atoms with Crippen molar-refractivity contribution in [3.63, 3.8) is 0 Å². The molecule has 0 bridgehead atoms. The second-order valence-electron chi connectivity index (χ2n) is 8.21. The van der Waals surface area contributed by atoms with Crippen LogP contribution in [0.25, 0.3) is 0 Å². The number of hydrogen-bond acceptors (Lipinski definition) is 4. The summed E-state index contributed by atoms with van der Waals surface area (Å²) in [5.41, 5.74) is 3.37. The molecule has 1 unspecified atom stereocenters. The predicted octanol–water partition coefficient (Wildman–Crippen LogP) is 6.61. The molecule has 0 amide bonds. The highest BCUT2D eigenvalue weighted by Gasteiger charge is 2.45. The fraction of sp³-hybridized carbons (Fsp3) is 0.429. The second-order valence-corrected chi connectivity index (χ2v) is 8.21. The molecule has 0 N–H and O–H groups in total. The fourth-order valence-electron chi connectivity index (χ4n) is 4.86. The molecule has 130 valence electrons. The minimum Gasteiger partial charge on any atom is -0.145 e. The van der Waals surface area contributed by atoms with Crippen LogP contribution in [-0.4, -0.2) is 0 Å². The summed E-state index contributed by atoms with van der Waals surface area (Å²) in [6, 6.07) is 15.3. The van der Waals surface area contributed by atoms with E-state index < -0.39 is 0 Å². The van der Waals surface area contributed by atoms with E-state index in [9.17, 15) is 9.81 Å². The summed E-state index contributed by atoms with van der Waals surface area (Å²) in [7, 11) is 0. The fourth-order valence-corrected chi connectivity index (χ4v) is 4.86. The first-order valence-corrected chi connectivity index (χ1v) is 8.76. The SMILES string of the molecule is CC1CC(C)(C)CC(c2ccc(N=O)cc2)(c2ccc(N=O)cc2)C1. The molecular weight excluding hydrogens is 312 g/mol. The summed E-state index contributed by atoms with van der Waals surface area (Å²) in [6.45, 7) is 6.94. The van der Waals surface area contributed by atoms with Crippen LogP contribution in [-0.2, 0) is 5.41 Å². The number of nitrogens with zero attached hydrogens (tertiary/aromatic N) is 2. The number of hydrogen-bond donors (Lipinski definition) is 0. The maximum Gasteiger partial charge on any atom is 0.108 e. The molecule has 1 saturated carbocycles. The van der Waals surface area contributed by atoms with Crippen LogP contribution in [0.2, 0.25) is 0 Å². The minimum absolute atomic E-state index is 0.135. The zero-order valence-electron chi connectivity index (χ0n) is 15.0. The molecule has 0 aliphatic heterocycles. The Morgan fingerprint density at radius 1 is 0.800 bits per heavy atom. The summed E-state index contributed by atoms with van der Waals surface area (Å²) in [5.74, 6) is 0.580. The van der Waals surface area contributed by atoms with E-state index in [4.69, 9.17) is 0 Å². The van der Waals surface area contributed by atoms with Crippen LogP contribution >= 0.6 is 0 Å². The lowest BCUT2D eigenvalue weighted by Crippen LogP contribution is -2.41. The highest BCUT2D eigenvalue weighted by molar-refractivity contribution is 5.49. The van der Waals surface area contributed by atoms with E-state index in [1.54, 1.807) is 24.3 Å². The van der Waals surface area contributed by atoms with E-state index >= 15 is 0 Å². The third-order valence-corrected chi connectivity index (χ3v) is 5.43.